The highest BCUT2D eigenvalue weighted by Crippen LogP contribution is 2.34. The smallest absolute Gasteiger partial charge is 0.260 e. The summed E-state index contributed by atoms with van der Waals surface area (Å²) in [6.45, 7) is 4.41. The Bertz CT molecular complexity index is 1020. The molecule has 3 aromatic rings. The van der Waals surface area contributed by atoms with E-state index >= 15 is 0 Å². The maximum absolute atomic E-state index is 13.4. The summed E-state index contributed by atoms with van der Waals surface area (Å²) < 4.78 is 7.47. The topological polar surface area (TPSA) is 81.5 Å². The van der Waals surface area contributed by atoms with Crippen LogP contribution in [0, 0.1) is 13.8 Å². The Balaban J connectivity index is 1.73. The minimum atomic E-state index is -0.664. The summed E-state index contributed by atoms with van der Waals surface area (Å²) in [6, 6.07) is 12.5. The lowest BCUT2D eigenvalue weighted by Gasteiger charge is -2.23. The zero-order chi connectivity index (χ0) is 19.1. The van der Waals surface area contributed by atoms with E-state index in [4.69, 9.17) is 10.2 Å². The SMILES string of the molecule is Cc1cc(C(=O)N2c3ccccc3C[C@H]2C(N)=O)c(C)n1Cc1ccco1. The van der Waals surface area contributed by atoms with E-state index in [9.17, 15) is 9.59 Å². The van der Waals surface area contributed by atoms with Crippen LogP contribution in [0.4, 0.5) is 5.69 Å². The van der Waals surface area contributed by atoms with Crippen LogP contribution >= 0.6 is 0 Å². The highest BCUT2D eigenvalue weighted by molar-refractivity contribution is 6.12. The highest BCUT2D eigenvalue weighted by atomic mass is 16.3. The van der Waals surface area contributed by atoms with Crippen LogP contribution in [0.2, 0.25) is 0 Å². The number of nitrogens with zero attached hydrogens (tertiary/aromatic N) is 2. The molecule has 1 aliphatic heterocycles. The third-order valence-electron chi connectivity index (χ3n) is 5.22. The van der Waals surface area contributed by atoms with E-state index in [1.54, 1.807) is 6.26 Å². The summed E-state index contributed by atoms with van der Waals surface area (Å²) in [5.41, 5.74) is 9.67. The molecule has 0 spiro atoms. The molecule has 3 heterocycles. The van der Waals surface area contributed by atoms with Crippen LogP contribution < -0.4 is 10.6 Å². The summed E-state index contributed by atoms with van der Waals surface area (Å²) in [6.07, 6.45) is 2.08. The van der Waals surface area contributed by atoms with E-state index < -0.39 is 11.9 Å². The molecular formula is C21H21N3O3. The molecule has 2 aromatic heterocycles. The Labute approximate surface area is 157 Å². The Morgan fingerprint density at radius 1 is 1.19 bits per heavy atom. The monoisotopic (exact) mass is 363 g/mol. The van der Waals surface area contributed by atoms with Crippen molar-refractivity contribution < 1.29 is 14.0 Å². The lowest BCUT2D eigenvalue weighted by molar-refractivity contribution is -0.119. The van der Waals surface area contributed by atoms with Gasteiger partial charge in [-0.2, -0.15) is 0 Å². The molecule has 0 unspecified atom stereocenters. The molecule has 1 aromatic carbocycles. The van der Waals surface area contributed by atoms with E-state index in [1.165, 1.54) is 4.90 Å². The third-order valence-corrected chi connectivity index (χ3v) is 5.22. The highest BCUT2D eigenvalue weighted by Gasteiger charge is 2.38. The van der Waals surface area contributed by atoms with Crippen LogP contribution in [-0.4, -0.2) is 22.4 Å². The number of hydrogen-bond donors (Lipinski definition) is 1. The van der Waals surface area contributed by atoms with Gasteiger partial charge in [-0.05, 0) is 43.7 Å². The van der Waals surface area contributed by atoms with Crippen LogP contribution in [0.3, 0.4) is 0 Å². The fraction of sp³-hybridized carbons (Fsp3) is 0.238. The van der Waals surface area contributed by atoms with E-state index in [0.29, 0.717) is 18.5 Å². The molecule has 0 saturated carbocycles. The Morgan fingerprint density at radius 2 is 1.96 bits per heavy atom. The average molecular weight is 363 g/mol. The quantitative estimate of drug-likeness (QED) is 0.774. The summed E-state index contributed by atoms with van der Waals surface area (Å²) >= 11 is 0. The third kappa shape index (κ3) is 2.83. The first-order valence-corrected chi connectivity index (χ1v) is 8.87. The predicted molar refractivity (Wildman–Crippen MR) is 102 cm³/mol. The van der Waals surface area contributed by atoms with Crippen molar-refractivity contribution in [3.8, 4) is 0 Å². The number of nitrogens with two attached hydrogens (primary N) is 1. The number of para-hydroxylation sites is 1. The summed E-state index contributed by atoms with van der Waals surface area (Å²) in [5, 5.41) is 0. The number of aryl methyl sites for hydroxylation is 1. The molecular weight excluding hydrogens is 342 g/mol. The molecule has 1 atom stereocenters. The molecule has 1 aliphatic rings. The Kier molecular flexibility index (Phi) is 4.11. The molecule has 0 fully saturated rings. The molecule has 2 N–H and O–H groups in total. The normalized spacial score (nSPS) is 15.8. The molecule has 0 saturated heterocycles. The van der Waals surface area contributed by atoms with Crippen LogP contribution in [0.15, 0.2) is 53.1 Å². The van der Waals surface area contributed by atoms with Crippen molar-refractivity contribution in [2.24, 2.45) is 5.73 Å². The van der Waals surface area contributed by atoms with Gasteiger partial charge in [-0.15, -0.1) is 0 Å². The van der Waals surface area contributed by atoms with Gasteiger partial charge in [0, 0.05) is 23.5 Å². The molecule has 0 bridgehead atoms. The number of hydrogen-bond acceptors (Lipinski definition) is 3. The van der Waals surface area contributed by atoms with Gasteiger partial charge in [0.15, 0.2) is 0 Å². The van der Waals surface area contributed by atoms with Crippen molar-refractivity contribution in [3.05, 3.63) is 77.0 Å². The first-order valence-electron chi connectivity index (χ1n) is 8.87. The van der Waals surface area contributed by atoms with E-state index in [-0.39, 0.29) is 5.91 Å². The van der Waals surface area contributed by atoms with Gasteiger partial charge >= 0.3 is 0 Å². The fourth-order valence-corrected chi connectivity index (χ4v) is 3.81. The lowest BCUT2D eigenvalue weighted by Crippen LogP contribution is -2.46. The maximum atomic E-state index is 13.4. The number of benzene rings is 1. The Hall–Kier alpha value is -3.28. The van der Waals surface area contributed by atoms with Crippen molar-refractivity contribution >= 4 is 17.5 Å². The van der Waals surface area contributed by atoms with Gasteiger partial charge in [-0.25, -0.2) is 0 Å². The van der Waals surface area contributed by atoms with Gasteiger partial charge < -0.3 is 14.7 Å². The number of primary amides is 1. The van der Waals surface area contributed by atoms with E-state index in [2.05, 4.69) is 0 Å². The summed E-state index contributed by atoms with van der Waals surface area (Å²) in [4.78, 5) is 26.9. The van der Waals surface area contributed by atoms with Gasteiger partial charge in [0.1, 0.15) is 11.8 Å². The second kappa shape index (κ2) is 6.46. The summed E-state index contributed by atoms with van der Waals surface area (Å²) in [5.74, 6) is 0.115. The number of rotatable bonds is 4. The number of carbonyl (C=O) groups is 2. The maximum Gasteiger partial charge on any atom is 0.260 e. The van der Waals surface area contributed by atoms with E-state index in [0.717, 1.165) is 28.4 Å². The minimum absolute atomic E-state index is 0.206. The molecule has 27 heavy (non-hydrogen) atoms. The van der Waals surface area contributed by atoms with Gasteiger partial charge in [0.25, 0.3) is 5.91 Å². The summed E-state index contributed by atoms with van der Waals surface area (Å²) in [7, 11) is 0. The number of aromatic nitrogens is 1. The molecule has 4 rings (SSSR count). The average Bonchev–Trinajstić information content (AvgIpc) is 3.35. The van der Waals surface area contributed by atoms with Gasteiger partial charge in [0.05, 0.1) is 18.4 Å². The van der Waals surface area contributed by atoms with Crippen LogP contribution in [-0.2, 0) is 17.8 Å². The minimum Gasteiger partial charge on any atom is -0.467 e. The molecule has 0 aliphatic carbocycles. The molecule has 0 radical (unpaired) electrons. The largest absolute Gasteiger partial charge is 0.467 e. The number of anilines is 1. The molecule has 138 valence electrons. The zero-order valence-corrected chi connectivity index (χ0v) is 15.3. The first kappa shape index (κ1) is 17.1. The van der Waals surface area contributed by atoms with Crippen molar-refractivity contribution in [2.75, 3.05) is 4.90 Å². The predicted octanol–water partition coefficient (Wildman–Crippen LogP) is 2.80. The van der Waals surface area contributed by atoms with Crippen LogP contribution in [0.5, 0.6) is 0 Å². The standard InChI is InChI=1S/C21H21N3O3/c1-13-10-17(14(2)23(13)12-16-7-5-9-27-16)21(26)24-18-8-4-3-6-15(18)11-19(24)20(22)25/h3-10,19H,11-12H2,1-2H3,(H2,22,25)/t19-/m0/s1. The number of carbonyl (C=O) groups excluding carboxylic acids is 2. The second-order valence-corrected chi connectivity index (χ2v) is 6.88. The van der Waals surface area contributed by atoms with Crippen LogP contribution in [0.25, 0.3) is 0 Å². The van der Waals surface area contributed by atoms with E-state index in [1.807, 2.05) is 60.9 Å². The Morgan fingerprint density at radius 3 is 2.67 bits per heavy atom. The molecule has 6 nitrogen and oxygen atoms in total. The van der Waals surface area contributed by atoms with Crippen molar-refractivity contribution in [2.45, 2.75) is 32.9 Å². The fourth-order valence-electron chi connectivity index (χ4n) is 3.81. The van der Waals surface area contributed by atoms with Crippen molar-refractivity contribution in [1.29, 1.82) is 0 Å². The first-order chi connectivity index (χ1) is 13.0. The zero-order valence-electron chi connectivity index (χ0n) is 15.3. The van der Waals surface area contributed by atoms with Crippen LogP contribution in [0.1, 0.15) is 33.1 Å². The molecule has 6 heteroatoms. The number of furan rings is 1. The molecule has 2 amide bonds. The van der Waals surface area contributed by atoms with Gasteiger partial charge in [0.2, 0.25) is 5.91 Å². The van der Waals surface area contributed by atoms with Gasteiger partial charge in [-0.3, -0.25) is 14.5 Å². The van der Waals surface area contributed by atoms with Crippen molar-refractivity contribution in [3.63, 3.8) is 0 Å². The lowest BCUT2D eigenvalue weighted by atomic mass is 10.1. The second-order valence-electron chi connectivity index (χ2n) is 6.88. The number of fused-ring (bicyclic) bond motifs is 1. The number of amides is 2. The van der Waals surface area contributed by atoms with Gasteiger partial charge in [-0.1, -0.05) is 18.2 Å². The van der Waals surface area contributed by atoms with Crippen molar-refractivity contribution in [1.82, 2.24) is 4.57 Å².